The zero-order chi connectivity index (χ0) is 16.2. The van der Waals surface area contributed by atoms with Gasteiger partial charge in [-0.05, 0) is 32.8 Å². The number of ether oxygens (including phenoxy) is 2. The van der Waals surface area contributed by atoms with Crippen molar-refractivity contribution in [1.29, 1.82) is 0 Å². The first-order valence-electron chi connectivity index (χ1n) is 7.76. The van der Waals surface area contributed by atoms with E-state index in [4.69, 9.17) is 21.1 Å². The largest absolute Gasteiger partial charge is 0.347 e. The third-order valence-electron chi connectivity index (χ3n) is 4.79. The van der Waals surface area contributed by atoms with Gasteiger partial charge in [-0.3, -0.25) is 0 Å². The van der Waals surface area contributed by atoms with Crippen molar-refractivity contribution in [3.05, 3.63) is 23.7 Å². The molecule has 1 aliphatic heterocycles. The van der Waals surface area contributed by atoms with Crippen molar-refractivity contribution in [2.24, 2.45) is 5.92 Å². The lowest BCUT2D eigenvalue weighted by Gasteiger charge is -2.41. The quantitative estimate of drug-likeness (QED) is 0.623. The van der Waals surface area contributed by atoms with Crippen molar-refractivity contribution in [1.82, 2.24) is 14.5 Å². The van der Waals surface area contributed by atoms with Gasteiger partial charge in [-0.15, -0.1) is 0 Å². The van der Waals surface area contributed by atoms with E-state index in [0.717, 1.165) is 30.2 Å². The number of nitrogens with zero attached hydrogens (tertiary/aromatic N) is 3. The van der Waals surface area contributed by atoms with Crippen molar-refractivity contribution in [2.45, 2.75) is 50.7 Å². The second-order valence-electron chi connectivity index (χ2n) is 6.69. The first-order valence-corrected chi connectivity index (χ1v) is 8.14. The van der Waals surface area contributed by atoms with Crippen molar-refractivity contribution < 1.29 is 14.3 Å². The number of halogens is 1. The number of hydrogen-bond acceptors (Lipinski definition) is 5. The van der Waals surface area contributed by atoms with E-state index in [-0.39, 0.29) is 18.1 Å². The van der Waals surface area contributed by atoms with E-state index in [1.807, 2.05) is 26.1 Å². The van der Waals surface area contributed by atoms with Gasteiger partial charge in [-0.25, -0.2) is 9.97 Å². The van der Waals surface area contributed by atoms with Gasteiger partial charge in [-0.1, -0.05) is 11.6 Å². The highest BCUT2D eigenvalue weighted by Gasteiger charge is 2.49. The molecular formula is C16H18ClN3O3. The summed E-state index contributed by atoms with van der Waals surface area (Å²) in [5, 5.41) is 1.30. The second-order valence-corrected chi connectivity index (χ2v) is 7.05. The highest BCUT2D eigenvalue weighted by Crippen LogP contribution is 2.45. The Hall–Kier alpha value is -1.50. The smallest absolute Gasteiger partial charge is 0.164 e. The molecule has 1 saturated carbocycles. The third kappa shape index (κ3) is 2.45. The van der Waals surface area contributed by atoms with Gasteiger partial charge >= 0.3 is 0 Å². The van der Waals surface area contributed by atoms with Crippen LogP contribution in [0.4, 0.5) is 0 Å². The Kier molecular flexibility index (Phi) is 3.44. The molecule has 2 aromatic rings. The maximum Gasteiger partial charge on any atom is 0.164 e. The SMILES string of the molecule is CC1(C)O[C@H]2C[C@H](n3ccc4c(Cl)ncnc43)C[C@@H]2[C@@H](C=O)O1. The van der Waals surface area contributed by atoms with E-state index in [1.165, 1.54) is 6.33 Å². The van der Waals surface area contributed by atoms with Crippen molar-refractivity contribution in [3.63, 3.8) is 0 Å². The lowest BCUT2D eigenvalue weighted by molar-refractivity contribution is -0.305. The van der Waals surface area contributed by atoms with Crippen LogP contribution in [0.3, 0.4) is 0 Å². The Morgan fingerprint density at radius 1 is 1.35 bits per heavy atom. The van der Waals surface area contributed by atoms with Gasteiger partial charge in [0.2, 0.25) is 0 Å². The first kappa shape index (κ1) is 15.1. The molecule has 2 fully saturated rings. The summed E-state index contributed by atoms with van der Waals surface area (Å²) in [6.07, 6.45) is 5.58. The Morgan fingerprint density at radius 3 is 2.96 bits per heavy atom. The van der Waals surface area contributed by atoms with Crippen LogP contribution in [-0.4, -0.2) is 38.8 Å². The van der Waals surface area contributed by atoms with Crippen LogP contribution in [0.2, 0.25) is 5.15 Å². The van der Waals surface area contributed by atoms with Crippen LogP contribution in [0.25, 0.3) is 11.0 Å². The molecule has 1 saturated heterocycles. The maximum atomic E-state index is 11.4. The second kappa shape index (κ2) is 5.26. The van der Waals surface area contributed by atoms with Crippen LogP contribution in [0.1, 0.15) is 32.7 Å². The van der Waals surface area contributed by atoms with E-state index in [2.05, 4.69) is 14.5 Å². The van der Waals surface area contributed by atoms with Gasteiger partial charge in [-0.2, -0.15) is 0 Å². The van der Waals surface area contributed by atoms with Gasteiger partial charge in [0.1, 0.15) is 29.5 Å². The van der Waals surface area contributed by atoms with E-state index in [0.29, 0.717) is 5.15 Å². The zero-order valence-electron chi connectivity index (χ0n) is 13.0. The molecule has 0 amide bonds. The Balaban J connectivity index is 1.67. The van der Waals surface area contributed by atoms with Crippen molar-refractivity contribution in [2.75, 3.05) is 0 Å². The van der Waals surface area contributed by atoms with Gasteiger partial charge in [0.25, 0.3) is 0 Å². The van der Waals surface area contributed by atoms with E-state index in [1.54, 1.807) is 0 Å². The zero-order valence-corrected chi connectivity index (χ0v) is 13.7. The molecule has 2 aliphatic rings. The summed E-state index contributed by atoms with van der Waals surface area (Å²) in [6.45, 7) is 3.70. The standard InChI is InChI=1S/C16H18ClN3O3/c1-16(2)22-12-6-9(5-11(12)13(7-21)23-16)20-4-3-10-14(17)18-8-19-15(10)20/h3-4,7-9,11-13H,5-6H2,1-2H3/t9-,11+,12+,13-/m1/s1. The van der Waals surface area contributed by atoms with E-state index >= 15 is 0 Å². The minimum atomic E-state index is -0.730. The molecule has 0 bridgehead atoms. The van der Waals surface area contributed by atoms with Crippen LogP contribution in [0.5, 0.6) is 0 Å². The van der Waals surface area contributed by atoms with Crippen LogP contribution < -0.4 is 0 Å². The molecule has 3 heterocycles. The number of aromatic nitrogens is 3. The molecule has 0 spiro atoms. The summed E-state index contributed by atoms with van der Waals surface area (Å²) in [4.78, 5) is 19.8. The summed E-state index contributed by atoms with van der Waals surface area (Å²) in [5.41, 5.74) is 0.816. The number of fused-ring (bicyclic) bond motifs is 2. The van der Waals surface area contributed by atoms with E-state index in [9.17, 15) is 4.79 Å². The summed E-state index contributed by atoms with van der Waals surface area (Å²) >= 11 is 6.13. The summed E-state index contributed by atoms with van der Waals surface area (Å²) in [6, 6.07) is 2.13. The molecule has 6 nitrogen and oxygen atoms in total. The fraction of sp³-hybridized carbons (Fsp3) is 0.562. The topological polar surface area (TPSA) is 66.2 Å². The maximum absolute atomic E-state index is 11.4. The molecule has 7 heteroatoms. The first-order chi connectivity index (χ1) is 11.0. The van der Waals surface area contributed by atoms with Crippen LogP contribution in [-0.2, 0) is 14.3 Å². The van der Waals surface area contributed by atoms with E-state index < -0.39 is 11.9 Å². The number of aldehydes is 1. The van der Waals surface area contributed by atoms with Gasteiger partial charge in [0, 0.05) is 18.2 Å². The molecule has 4 rings (SSSR count). The van der Waals surface area contributed by atoms with Crippen LogP contribution in [0, 0.1) is 5.92 Å². The molecule has 4 atom stereocenters. The van der Waals surface area contributed by atoms with Crippen LogP contribution in [0.15, 0.2) is 18.6 Å². The molecule has 0 N–H and O–H groups in total. The molecule has 0 unspecified atom stereocenters. The lowest BCUT2D eigenvalue weighted by atomic mass is 9.97. The highest BCUT2D eigenvalue weighted by atomic mass is 35.5. The Bertz CT molecular complexity index is 760. The molecule has 2 aromatic heterocycles. The molecular weight excluding hydrogens is 318 g/mol. The predicted molar refractivity (Wildman–Crippen MR) is 84.2 cm³/mol. The summed E-state index contributed by atoms with van der Waals surface area (Å²) in [7, 11) is 0. The molecule has 0 radical (unpaired) electrons. The molecule has 23 heavy (non-hydrogen) atoms. The summed E-state index contributed by atoms with van der Waals surface area (Å²) < 4.78 is 13.9. The number of carbonyl (C=O) groups is 1. The normalized spacial score (nSPS) is 32.8. The molecule has 0 aromatic carbocycles. The van der Waals surface area contributed by atoms with Gasteiger partial charge < -0.3 is 18.8 Å². The number of carbonyl (C=O) groups excluding carboxylic acids is 1. The third-order valence-corrected chi connectivity index (χ3v) is 5.09. The minimum absolute atomic E-state index is 0.00806. The van der Waals surface area contributed by atoms with Gasteiger partial charge in [0.15, 0.2) is 5.79 Å². The van der Waals surface area contributed by atoms with Gasteiger partial charge in [0.05, 0.1) is 11.5 Å². The highest BCUT2D eigenvalue weighted by molar-refractivity contribution is 6.33. The minimum Gasteiger partial charge on any atom is -0.347 e. The number of hydrogen-bond donors (Lipinski definition) is 0. The number of rotatable bonds is 2. The Morgan fingerprint density at radius 2 is 2.17 bits per heavy atom. The Labute approximate surface area is 138 Å². The monoisotopic (exact) mass is 335 g/mol. The lowest BCUT2D eigenvalue weighted by Crippen LogP contribution is -2.49. The average Bonchev–Trinajstić information content (AvgIpc) is 3.09. The van der Waals surface area contributed by atoms with Crippen LogP contribution >= 0.6 is 11.6 Å². The van der Waals surface area contributed by atoms with Crippen molar-refractivity contribution >= 4 is 28.9 Å². The van der Waals surface area contributed by atoms with Crippen molar-refractivity contribution in [3.8, 4) is 0 Å². The fourth-order valence-corrected chi connectivity index (χ4v) is 4.08. The molecule has 122 valence electrons. The predicted octanol–water partition coefficient (Wildman–Crippen LogP) is 2.75. The molecule has 1 aliphatic carbocycles. The average molecular weight is 336 g/mol. The fourth-order valence-electron chi connectivity index (χ4n) is 3.88. The summed E-state index contributed by atoms with van der Waals surface area (Å²) in [5.74, 6) is -0.661.